The third-order valence-corrected chi connectivity index (χ3v) is 4.20. The minimum atomic E-state index is -0.373. The number of rotatable bonds is 6. The van der Waals surface area contributed by atoms with E-state index in [1.165, 1.54) is 6.33 Å². The molecule has 4 aromatic rings. The maximum absolute atomic E-state index is 7.28. The average Bonchev–Trinajstić information content (AvgIpc) is 2.74. The molecule has 7 nitrogen and oxygen atoms in total. The molecule has 0 fully saturated rings. The molecule has 0 aliphatic rings. The zero-order chi connectivity index (χ0) is 20.1. The van der Waals surface area contributed by atoms with Gasteiger partial charge in [0.25, 0.3) is 6.02 Å². The number of aromatic nitrogens is 2. The van der Waals surface area contributed by atoms with Gasteiger partial charge in [-0.1, -0.05) is 30.3 Å². The summed E-state index contributed by atoms with van der Waals surface area (Å²) in [5.41, 5.74) is 8.03. The maximum atomic E-state index is 7.28. The van der Waals surface area contributed by atoms with Crippen LogP contribution in [0.1, 0.15) is 5.56 Å². The number of benzene rings is 3. The molecule has 0 aliphatic carbocycles. The zero-order valence-corrected chi connectivity index (χ0v) is 15.5. The molecule has 0 bridgehead atoms. The van der Waals surface area contributed by atoms with Crippen LogP contribution in [-0.4, -0.2) is 16.0 Å². The van der Waals surface area contributed by atoms with Gasteiger partial charge in [-0.25, -0.2) is 9.97 Å². The summed E-state index contributed by atoms with van der Waals surface area (Å²) in [7, 11) is 0. The van der Waals surface area contributed by atoms with Gasteiger partial charge in [-0.05, 0) is 48.0 Å². The van der Waals surface area contributed by atoms with Gasteiger partial charge in [-0.15, -0.1) is 0 Å². The number of nitrogens with one attached hydrogen (secondary N) is 2. The van der Waals surface area contributed by atoms with E-state index in [-0.39, 0.29) is 6.02 Å². The third kappa shape index (κ3) is 4.59. The van der Waals surface area contributed by atoms with Crippen LogP contribution in [-0.2, 0) is 6.61 Å². The Bertz CT molecular complexity index is 1130. The molecule has 0 aliphatic heterocycles. The molecule has 0 atom stereocenters. The number of hydrogen-bond donors (Lipinski definition) is 3. The van der Waals surface area contributed by atoms with E-state index in [2.05, 4.69) is 15.3 Å². The van der Waals surface area contributed by atoms with Gasteiger partial charge in [-0.2, -0.15) is 0 Å². The summed E-state index contributed by atoms with van der Waals surface area (Å²) in [5, 5.41) is 11.3. The van der Waals surface area contributed by atoms with E-state index in [9.17, 15) is 0 Å². The first-order valence-electron chi connectivity index (χ1n) is 8.98. The van der Waals surface area contributed by atoms with Crippen molar-refractivity contribution in [2.24, 2.45) is 5.73 Å². The second-order valence-corrected chi connectivity index (χ2v) is 6.29. The molecule has 3 aromatic carbocycles. The lowest BCUT2D eigenvalue weighted by Gasteiger charge is -2.11. The maximum Gasteiger partial charge on any atom is 0.284 e. The standard InChI is InChI=1S/C22H19N5O2/c23-22(24)29-18-10-11-20-19(12-18)21(26-14-25-20)27-16-6-8-17(9-7-16)28-13-15-4-2-1-3-5-15/h1-12,14H,13H2,(H3,23,24)(H,25,26,27). The average molecular weight is 385 g/mol. The highest BCUT2D eigenvalue weighted by Gasteiger charge is 2.07. The SMILES string of the molecule is N=C(N)Oc1ccc2ncnc(Nc3ccc(OCc4ccccc4)cc3)c2c1. The van der Waals surface area contributed by atoms with Gasteiger partial charge in [0.05, 0.1) is 5.52 Å². The lowest BCUT2D eigenvalue weighted by molar-refractivity contribution is 0.306. The fraction of sp³-hybridized carbons (Fsp3) is 0.0455. The van der Waals surface area contributed by atoms with Gasteiger partial charge in [0.2, 0.25) is 0 Å². The Morgan fingerprint density at radius 1 is 0.931 bits per heavy atom. The van der Waals surface area contributed by atoms with Crippen molar-refractivity contribution >= 4 is 28.4 Å². The quantitative estimate of drug-likeness (QED) is 0.339. The number of anilines is 2. The number of ether oxygens (including phenoxy) is 2. The number of nitrogens with zero attached hydrogens (tertiary/aromatic N) is 2. The van der Waals surface area contributed by atoms with Gasteiger partial charge in [0.15, 0.2) is 0 Å². The van der Waals surface area contributed by atoms with E-state index in [0.29, 0.717) is 18.2 Å². The highest BCUT2D eigenvalue weighted by atomic mass is 16.5. The van der Waals surface area contributed by atoms with Crippen LogP contribution in [0.15, 0.2) is 79.1 Å². The summed E-state index contributed by atoms with van der Waals surface area (Å²) >= 11 is 0. The minimum absolute atomic E-state index is 0.373. The van der Waals surface area contributed by atoms with Crippen LogP contribution in [0.25, 0.3) is 10.9 Å². The monoisotopic (exact) mass is 385 g/mol. The normalized spacial score (nSPS) is 10.5. The molecule has 0 saturated carbocycles. The van der Waals surface area contributed by atoms with Crippen molar-refractivity contribution < 1.29 is 9.47 Å². The Labute approximate surface area is 167 Å². The third-order valence-electron chi connectivity index (χ3n) is 4.20. The topological polar surface area (TPSA) is 106 Å². The molecule has 7 heteroatoms. The highest BCUT2D eigenvalue weighted by Crippen LogP contribution is 2.27. The van der Waals surface area contributed by atoms with Crippen molar-refractivity contribution in [2.75, 3.05) is 5.32 Å². The Balaban J connectivity index is 1.50. The van der Waals surface area contributed by atoms with Gasteiger partial charge in [-0.3, -0.25) is 5.41 Å². The van der Waals surface area contributed by atoms with Crippen molar-refractivity contribution in [1.82, 2.24) is 9.97 Å². The van der Waals surface area contributed by atoms with Gasteiger partial charge in [0, 0.05) is 11.1 Å². The Morgan fingerprint density at radius 2 is 1.69 bits per heavy atom. The molecule has 0 amide bonds. The van der Waals surface area contributed by atoms with Crippen LogP contribution in [0, 0.1) is 5.41 Å². The Hall–Kier alpha value is -4.13. The van der Waals surface area contributed by atoms with Crippen LogP contribution < -0.4 is 20.5 Å². The molecule has 1 heterocycles. The van der Waals surface area contributed by atoms with E-state index in [1.54, 1.807) is 18.2 Å². The molecule has 144 valence electrons. The predicted octanol–water partition coefficient (Wildman–Crippen LogP) is 4.22. The van der Waals surface area contributed by atoms with Gasteiger partial charge < -0.3 is 20.5 Å². The number of amidine groups is 1. The molecule has 0 saturated heterocycles. The molecule has 0 unspecified atom stereocenters. The first kappa shape index (κ1) is 18.2. The molecule has 1 aromatic heterocycles. The Kier molecular flexibility index (Phi) is 5.20. The second-order valence-electron chi connectivity index (χ2n) is 6.29. The van der Waals surface area contributed by atoms with E-state index < -0.39 is 0 Å². The minimum Gasteiger partial charge on any atom is -0.489 e. The lowest BCUT2D eigenvalue weighted by atomic mass is 10.2. The second kappa shape index (κ2) is 8.26. The summed E-state index contributed by atoms with van der Waals surface area (Å²) in [6.45, 7) is 0.517. The molecule has 0 radical (unpaired) electrons. The molecular formula is C22H19N5O2. The summed E-state index contributed by atoms with van der Waals surface area (Å²) in [5.74, 6) is 1.86. The fourth-order valence-corrected chi connectivity index (χ4v) is 2.84. The summed E-state index contributed by atoms with van der Waals surface area (Å²) in [6.07, 6.45) is 1.49. The van der Waals surface area contributed by atoms with Crippen molar-refractivity contribution in [3.05, 3.63) is 84.7 Å². The molecule has 29 heavy (non-hydrogen) atoms. The zero-order valence-electron chi connectivity index (χ0n) is 15.5. The first-order valence-corrected chi connectivity index (χ1v) is 8.98. The van der Waals surface area contributed by atoms with Crippen LogP contribution in [0.5, 0.6) is 11.5 Å². The van der Waals surface area contributed by atoms with Crippen molar-refractivity contribution in [3.63, 3.8) is 0 Å². The molecular weight excluding hydrogens is 366 g/mol. The fourth-order valence-electron chi connectivity index (χ4n) is 2.84. The van der Waals surface area contributed by atoms with Crippen molar-refractivity contribution in [3.8, 4) is 11.5 Å². The van der Waals surface area contributed by atoms with Crippen LogP contribution in [0.4, 0.5) is 11.5 Å². The largest absolute Gasteiger partial charge is 0.489 e. The van der Waals surface area contributed by atoms with E-state index in [1.807, 2.05) is 54.6 Å². The van der Waals surface area contributed by atoms with Gasteiger partial charge >= 0.3 is 0 Å². The lowest BCUT2D eigenvalue weighted by Crippen LogP contribution is -2.17. The van der Waals surface area contributed by atoms with E-state index in [4.69, 9.17) is 20.6 Å². The van der Waals surface area contributed by atoms with Crippen LogP contribution >= 0.6 is 0 Å². The highest BCUT2D eigenvalue weighted by molar-refractivity contribution is 5.92. The molecule has 4 rings (SSSR count). The Morgan fingerprint density at radius 3 is 2.45 bits per heavy atom. The summed E-state index contributed by atoms with van der Waals surface area (Å²) in [6, 6.07) is 22.5. The van der Waals surface area contributed by atoms with Crippen LogP contribution in [0.3, 0.4) is 0 Å². The molecule has 0 spiro atoms. The van der Waals surface area contributed by atoms with Crippen LogP contribution in [0.2, 0.25) is 0 Å². The van der Waals surface area contributed by atoms with Gasteiger partial charge in [0.1, 0.15) is 30.3 Å². The van der Waals surface area contributed by atoms with Crippen molar-refractivity contribution in [1.29, 1.82) is 5.41 Å². The molecule has 4 N–H and O–H groups in total. The van der Waals surface area contributed by atoms with Crippen molar-refractivity contribution in [2.45, 2.75) is 6.61 Å². The number of hydrogen-bond acceptors (Lipinski definition) is 6. The predicted molar refractivity (Wildman–Crippen MR) is 113 cm³/mol. The smallest absolute Gasteiger partial charge is 0.284 e. The van der Waals surface area contributed by atoms with E-state index in [0.717, 1.165) is 27.9 Å². The summed E-state index contributed by atoms with van der Waals surface area (Å²) in [4.78, 5) is 8.59. The number of fused-ring (bicyclic) bond motifs is 1. The summed E-state index contributed by atoms with van der Waals surface area (Å²) < 4.78 is 11.0. The van der Waals surface area contributed by atoms with E-state index >= 15 is 0 Å². The number of nitrogens with two attached hydrogens (primary N) is 1. The first-order chi connectivity index (χ1) is 14.2.